The zero-order chi connectivity index (χ0) is 8.69. The van der Waals surface area contributed by atoms with Gasteiger partial charge in [-0.2, -0.15) is 7.05 Å². The highest BCUT2D eigenvalue weighted by atomic mass is 15.1. The van der Waals surface area contributed by atoms with E-state index in [0.717, 1.165) is 12.5 Å². The van der Waals surface area contributed by atoms with Gasteiger partial charge >= 0.3 is 0 Å². The average Bonchev–Trinajstić information content (AvgIpc) is 2.08. The third-order valence-corrected chi connectivity index (χ3v) is 2.05. The monoisotopic (exact) mass is 158 g/mol. The Balaban J connectivity index is 0.000000461. The fourth-order valence-corrected chi connectivity index (χ4v) is 1.45. The molecule has 0 bridgehead atoms. The van der Waals surface area contributed by atoms with Crippen LogP contribution in [0.3, 0.4) is 0 Å². The Bertz CT molecular complexity index is 83.6. The van der Waals surface area contributed by atoms with Gasteiger partial charge in [-0.15, -0.1) is 0 Å². The first-order valence-corrected chi connectivity index (χ1v) is 4.69. The molecule has 0 radical (unpaired) electrons. The molecule has 0 aromatic carbocycles. The maximum Gasteiger partial charge on any atom is 0.0571 e. The van der Waals surface area contributed by atoms with Gasteiger partial charge in [0.15, 0.2) is 0 Å². The van der Waals surface area contributed by atoms with Crippen molar-refractivity contribution in [2.75, 3.05) is 19.6 Å². The van der Waals surface area contributed by atoms with Crippen molar-refractivity contribution in [2.24, 2.45) is 11.7 Å². The van der Waals surface area contributed by atoms with Crippen LogP contribution in [0.4, 0.5) is 0 Å². The summed E-state index contributed by atoms with van der Waals surface area (Å²) in [6, 6.07) is 0. The molecule has 1 rings (SSSR count). The summed E-state index contributed by atoms with van der Waals surface area (Å²) in [5.74, 6) is 0.742. The van der Waals surface area contributed by atoms with Crippen molar-refractivity contribution in [1.29, 1.82) is 0 Å². The van der Waals surface area contributed by atoms with E-state index < -0.39 is 0 Å². The topological polar surface area (TPSA) is 30.5 Å². The average molecular weight is 158 g/mol. The first kappa shape index (κ1) is 10.9. The van der Waals surface area contributed by atoms with Crippen LogP contribution in [-0.2, 0) is 0 Å². The fourth-order valence-electron chi connectivity index (χ4n) is 1.45. The van der Waals surface area contributed by atoms with E-state index in [1.165, 1.54) is 30.8 Å². The smallest absolute Gasteiger partial charge is 0.0571 e. The summed E-state index contributed by atoms with van der Waals surface area (Å²) >= 11 is 0. The molecule has 2 heteroatoms. The van der Waals surface area contributed by atoms with Gasteiger partial charge in [-0.25, -0.2) is 0 Å². The summed E-state index contributed by atoms with van der Waals surface area (Å²) in [6.45, 7) is 7.26. The second-order valence-corrected chi connectivity index (χ2v) is 2.95. The molecule has 0 aromatic heterocycles. The number of nitrogens with two attached hydrogens (primary N) is 1. The minimum Gasteiger partial charge on any atom is -0.468 e. The number of quaternary nitrogens is 1. The van der Waals surface area contributed by atoms with Crippen LogP contribution in [0.1, 0.15) is 26.7 Å². The van der Waals surface area contributed by atoms with Crippen molar-refractivity contribution in [2.45, 2.75) is 26.7 Å². The third-order valence-electron chi connectivity index (χ3n) is 2.05. The highest BCUT2D eigenvalue weighted by molar-refractivity contribution is 4.61. The van der Waals surface area contributed by atoms with Gasteiger partial charge in [0, 0.05) is 12.5 Å². The Kier molecular flexibility index (Phi) is 6.57. The van der Waals surface area contributed by atoms with Gasteiger partial charge < -0.3 is 10.6 Å². The van der Waals surface area contributed by atoms with Crippen LogP contribution in [0.5, 0.6) is 0 Å². The molecule has 2 atom stereocenters. The van der Waals surface area contributed by atoms with E-state index in [0.29, 0.717) is 0 Å². The Morgan fingerprint density at radius 3 is 2.55 bits per heavy atom. The lowest BCUT2D eigenvalue weighted by atomic mass is 9.99. The Hall–Kier alpha value is -0.0800. The van der Waals surface area contributed by atoms with Gasteiger partial charge in [-0.3, -0.25) is 0 Å². The highest BCUT2D eigenvalue weighted by Crippen LogP contribution is 2.03. The summed E-state index contributed by atoms with van der Waals surface area (Å²) in [7, 11) is 3.96. The van der Waals surface area contributed by atoms with Crippen LogP contribution in [-0.4, -0.2) is 19.6 Å². The van der Waals surface area contributed by atoms with E-state index in [4.69, 9.17) is 5.73 Å². The standard InChI is InChI=1S/C7H16N2.C2H6/c1-9-4-2-3-7(5-8)6-9;1-2/h7,9H,1-6,8H2;1-2H3. The Morgan fingerprint density at radius 1 is 1.55 bits per heavy atom. The Labute approximate surface area is 70.8 Å². The summed E-state index contributed by atoms with van der Waals surface area (Å²) in [4.78, 5) is 1.40. The van der Waals surface area contributed by atoms with Crippen molar-refractivity contribution in [1.82, 2.24) is 0 Å². The van der Waals surface area contributed by atoms with Crippen LogP contribution in [0.15, 0.2) is 0 Å². The van der Waals surface area contributed by atoms with Gasteiger partial charge in [0.1, 0.15) is 0 Å². The normalized spacial score (nSPS) is 30.5. The fraction of sp³-hybridized carbons (Fsp3) is 0.889. The molecule has 1 saturated heterocycles. The van der Waals surface area contributed by atoms with Gasteiger partial charge in [0.25, 0.3) is 0 Å². The lowest BCUT2D eigenvalue weighted by Gasteiger charge is -2.30. The van der Waals surface area contributed by atoms with Gasteiger partial charge in [0.2, 0.25) is 0 Å². The number of nitrogens with one attached hydrogen (secondary N) is 1. The maximum atomic E-state index is 5.52. The van der Waals surface area contributed by atoms with Crippen LogP contribution in [0, 0.1) is 13.0 Å². The van der Waals surface area contributed by atoms with Crippen molar-refractivity contribution in [3.05, 3.63) is 7.05 Å². The van der Waals surface area contributed by atoms with E-state index in [1.807, 2.05) is 13.8 Å². The van der Waals surface area contributed by atoms with Crippen molar-refractivity contribution < 1.29 is 4.90 Å². The lowest BCUT2D eigenvalue weighted by molar-refractivity contribution is -0.863. The molecule has 0 spiro atoms. The van der Waals surface area contributed by atoms with E-state index >= 15 is 0 Å². The number of hydrogen-bond donors (Lipinski definition) is 2. The van der Waals surface area contributed by atoms with E-state index in [9.17, 15) is 0 Å². The van der Waals surface area contributed by atoms with Crippen molar-refractivity contribution in [3.8, 4) is 0 Å². The van der Waals surface area contributed by atoms with Crippen LogP contribution < -0.4 is 10.6 Å². The van der Waals surface area contributed by atoms with Gasteiger partial charge in [-0.05, 0) is 12.8 Å². The zero-order valence-electron chi connectivity index (χ0n) is 7.90. The van der Waals surface area contributed by atoms with E-state index in [2.05, 4.69) is 7.05 Å². The third kappa shape index (κ3) is 4.38. The summed E-state index contributed by atoms with van der Waals surface area (Å²) in [5, 5.41) is 0. The van der Waals surface area contributed by atoms with Gasteiger partial charge in [-0.1, -0.05) is 13.8 Å². The molecule has 3 N–H and O–H groups in total. The van der Waals surface area contributed by atoms with E-state index in [1.54, 1.807) is 0 Å². The second-order valence-electron chi connectivity index (χ2n) is 2.95. The predicted octanol–water partition coefficient (Wildman–Crippen LogP) is 0.0578. The van der Waals surface area contributed by atoms with Crippen LogP contribution >= 0.6 is 0 Å². The zero-order valence-corrected chi connectivity index (χ0v) is 7.90. The van der Waals surface area contributed by atoms with Crippen molar-refractivity contribution in [3.63, 3.8) is 0 Å². The summed E-state index contributed by atoms with van der Waals surface area (Å²) < 4.78 is 0. The molecule has 2 unspecified atom stereocenters. The molecule has 68 valence electrons. The number of hydrogen-bond acceptors (Lipinski definition) is 1. The number of rotatable bonds is 1. The van der Waals surface area contributed by atoms with Crippen LogP contribution in [0.2, 0.25) is 0 Å². The molecule has 0 amide bonds. The predicted molar refractivity (Wildman–Crippen MR) is 49.2 cm³/mol. The molecule has 0 aliphatic carbocycles. The molecule has 1 fully saturated rings. The first-order valence-electron chi connectivity index (χ1n) is 4.69. The molecule has 1 heterocycles. The minimum atomic E-state index is 0.742. The number of likely N-dealkylation sites (tertiary alicyclic amines) is 1. The molecule has 1 aliphatic rings. The highest BCUT2D eigenvalue weighted by Gasteiger charge is 2.14. The molecular weight excluding hydrogens is 136 g/mol. The van der Waals surface area contributed by atoms with E-state index in [-0.39, 0.29) is 0 Å². The second kappa shape index (κ2) is 6.62. The van der Waals surface area contributed by atoms with Crippen LogP contribution in [0.25, 0.3) is 0 Å². The number of piperidine rings is 1. The molecule has 11 heavy (non-hydrogen) atoms. The summed E-state index contributed by atoms with van der Waals surface area (Å²) in [5.41, 5.74) is 5.52. The SMILES string of the molecule is CC.[CH2-][NH+]1CCCC(CN)C1. The lowest BCUT2D eigenvalue weighted by Crippen LogP contribution is -3.08. The Morgan fingerprint density at radius 2 is 2.18 bits per heavy atom. The molecular formula is C9H22N2. The molecule has 1 aliphatic heterocycles. The quantitative estimate of drug-likeness (QED) is 0.519. The molecule has 2 nitrogen and oxygen atoms in total. The maximum absolute atomic E-state index is 5.52. The first-order chi connectivity index (χ1) is 5.33. The molecule has 0 aromatic rings. The summed E-state index contributed by atoms with van der Waals surface area (Å²) in [6.07, 6.45) is 2.62. The van der Waals surface area contributed by atoms with Crippen molar-refractivity contribution >= 4 is 0 Å². The minimum absolute atomic E-state index is 0.742. The van der Waals surface area contributed by atoms with Gasteiger partial charge in [0.05, 0.1) is 13.1 Å². The molecule has 0 saturated carbocycles. The largest absolute Gasteiger partial charge is 0.468 e.